The van der Waals surface area contributed by atoms with E-state index in [4.69, 9.17) is 0 Å². The maximum atomic E-state index is 11.9. The lowest BCUT2D eigenvalue weighted by Gasteiger charge is -2.09. The van der Waals surface area contributed by atoms with Gasteiger partial charge in [0.25, 0.3) is 5.56 Å². The van der Waals surface area contributed by atoms with Gasteiger partial charge in [-0.1, -0.05) is 54.6 Å². The van der Waals surface area contributed by atoms with Crippen LogP contribution in [-0.2, 0) is 19.3 Å². The lowest BCUT2D eigenvalue weighted by molar-refractivity contribution is 0.933. The summed E-state index contributed by atoms with van der Waals surface area (Å²) >= 11 is 0. The van der Waals surface area contributed by atoms with Crippen molar-refractivity contribution >= 4 is 0 Å². The van der Waals surface area contributed by atoms with Crippen molar-refractivity contribution in [3.8, 4) is 0 Å². The fourth-order valence-electron chi connectivity index (χ4n) is 2.63. The van der Waals surface area contributed by atoms with Gasteiger partial charge in [-0.05, 0) is 41.7 Å². The van der Waals surface area contributed by atoms with Crippen LogP contribution in [0.1, 0.15) is 22.3 Å². The minimum absolute atomic E-state index is 0.00987. The zero-order valence-electron chi connectivity index (χ0n) is 12.4. The first-order valence-corrected chi connectivity index (χ1v) is 7.51. The highest BCUT2D eigenvalue weighted by molar-refractivity contribution is 5.32. The first-order valence-electron chi connectivity index (χ1n) is 7.51. The van der Waals surface area contributed by atoms with Crippen LogP contribution in [0.4, 0.5) is 0 Å². The monoisotopic (exact) mass is 288 g/mol. The summed E-state index contributed by atoms with van der Waals surface area (Å²) in [5, 5.41) is 0. The number of hydrogen-bond acceptors (Lipinski definition) is 1. The lowest BCUT2D eigenvalue weighted by atomic mass is 9.96. The molecule has 22 heavy (non-hydrogen) atoms. The molecule has 0 aliphatic carbocycles. The van der Waals surface area contributed by atoms with Gasteiger partial charge in [0, 0.05) is 18.2 Å². The van der Waals surface area contributed by atoms with Crippen molar-refractivity contribution in [1.29, 1.82) is 0 Å². The molecule has 0 amide bonds. The van der Waals surface area contributed by atoms with E-state index in [2.05, 4.69) is 41.4 Å². The van der Waals surface area contributed by atoms with Crippen molar-refractivity contribution in [2.24, 2.45) is 0 Å². The molecule has 0 fully saturated rings. The quantitative estimate of drug-likeness (QED) is 0.765. The molecule has 2 nitrogen and oxygen atoms in total. The van der Waals surface area contributed by atoms with Gasteiger partial charge in [-0.3, -0.25) is 4.79 Å². The van der Waals surface area contributed by atoms with E-state index in [0.717, 1.165) is 18.4 Å². The predicted octanol–water partition coefficient (Wildman–Crippen LogP) is 3.55. The molecular weight excluding hydrogens is 270 g/mol. The zero-order chi connectivity index (χ0) is 15.2. The molecule has 1 N–H and O–H groups in total. The topological polar surface area (TPSA) is 32.9 Å². The summed E-state index contributed by atoms with van der Waals surface area (Å²) < 4.78 is 0. The van der Waals surface area contributed by atoms with Crippen molar-refractivity contribution in [3.63, 3.8) is 0 Å². The predicted molar refractivity (Wildman–Crippen MR) is 89.0 cm³/mol. The number of rotatable bonds is 5. The molecule has 2 heteroatoms. The largest absolute Gasteiger partial charge is 0.329 e. The fourth-order valence-corrected chi connectivity index (χ4v) is 2.63. The van der Waals surface area contributed by atoms with Gasteiger partial charge >= 0.3 is 0 Å². The number of pyridine rings is 1. The molecule has 109 valence electrons. The molecule has 0 aliphatic heterocycles. The van der Waals surface area contributed by atoms with Crippen molar-refractivity contribution in [2.75, 3.05) is 0 Å². The Bertz CT molecular complexity index is 790. The third-order valence-corrected chi connectivity index (χ3v) is 3.86. The number of H-pyrrole nitrogens is 1. The molecule has 3 rings (SSSR count). The maximum Gasteiger partial charge on any atom is 0.251 e. The number of hydrogen-bond donors (Lipinski definition) is 1. The first kappa shape index (κ1) is 14.3. The third kappa shape index (κ3) is 3.53. The Kier molecular flexibility index (Phi) is 4.50. The first-order chi connectivity index (χ1) is 10.8. The second-order valence-corrected chi connectivity index (χ2v) is 5.38. The minimum Gasteiger partial charge on any atom is -0.329 e. The van der Waals surface area contributed by atoms with E-state index in [1.165, 1.54) is 16.7 Å². The van der Waals surface area contributed by atoms with E-state index >= 15 is 0 Å². The molecular formula is C20H18NO. The second kappa shape index (κ2) is 6.90. The molecule has 0 bridgehead atoms. The van der Waals surface area contributed by atoms with Crippen molar-refractivity contribution < 1.29 is 0 Å². The summed E-state index contributed by atoms with van der Waals surface area (Å²) in [5.41, 5.74) is 4.58. The van der Waals surface area contributed by atoms with Crippen molar-refractivity contribution in [2.45, 2.75) is 19.3 Å². The zero-order valence-corrected chi connectivity index (χ0v) is 12.4. The highest BCUT2D eigenvalue weighted by atomic mass is 16.1. The Labute approximate surface area is 130 Å². The molecule has 0 saturated carbocycles. The Morgan fingerprint density at radius 1 is 0.864 bits per heavy atom. The Hall–Kier alpha value is -2.61. The number of nitrogens with one attached hydrogen (secondary N) is 1. The molecule has 2 aromatic carbocycles. The molecule has 0 atom stereocenters. The van der Waals surface area contributed by atoms with E-state index < -0.39 is 0 Å². The summed E-state index contributed by atoms with van der Waals surface area (Å²) in [4.78, 5) is 14.6. The third-order valence-electron chi connectivity index (χ3n) is 3.86. The number of aromatic amines is 1. The number of aryl methyl sites for hydroxylation is 2. The standard InChI is InChI=1S/C20H18NO/c22-20-19(11-6-14-21-20)15-18-10-5-4-9-17(18)13-12-16-7-2-1-3-8-16/h1-3,5-11,14H,12-13,15H2,(H,21,22). The molecule has 0 aliphatic rings. The van der Waals surface area contributed by atoms with Gasteiger partial charge in [-0.25, -0.2) is 0 Å². The molecule has 3 aromatic rings. The van der Waals surface area contributed by atoms with Crippen molar-refractivity contribution in [3.05, 3.63) is 106 Å². The van der Waals surface area contributed by atoms with Crippen LogP contribution in [0.25, 0.3) is 0 Å². The summed E-state index contributed by atoms with van der Waals surface area (Å²) in [6.45, 7) is 0. The summed E-state index contributed by atoms with van der Waals surface area (Å²) in [7, 11) is 0. The summed E-state index contributed by atoms with van der Waals surface area (Å²) in [6, 6.07) is 23.4. The van der Waals surface area contributed by atoms with Gasteiger partial charge in [0.1, 0.15) is 0 Å². The molecule has 1 heterocycles. The highest BCUT2D eigenvalue weighted by Crippen LogP contribution is 2.15. The van der Waals surface area contributed by atoms with Crippen LogP contribution in [0.3, 0.4) is 0 Å². The SMILES string of the molecule is O=c1[nH]cccc1Cc1cc[c]cc1CCc1ccccc1. The van der Waals surface area contributed by atoms with Gasteiger partial charge in [0.15, 0.2) is 0 Å². The average Bonchev–Trinajstić information content (AvgIpc) is 2.57. The normalized spacial score (nSPS) is 10.5. The van der Waals surface area contributed by atoms with E-state index in [1.54, 1.807) is 6.20 Å². The highest BCUT2D eigenvalue weighted by Gasteiger charge is 2.06. The lowest BCUT2D eigenvalue weighted by Crippen LogP contribution is -2.12. The molecule has 1 radical (unpaired) electrons. The second-order valence-electron chi connectivity index (χ2n) is 5.38. The van der Waals surface area contributed by atoms with Gasteiger partial charge < -0.3 is 4.98 Å². The molecule has 0 unspecified atom stereocenters. The van der Waals surface area contributed by atoms with Crippen LogP contribution < -0.4 is 5.56 Å². The van der Waals surface area contributed by atoms with Gasteiger partial charge in [0.05, 0.1) is 0 Å². The van der Waals surface area contributed by atoms with Gasteiger partial charge in [0.2, 0.25) is 0 Å². The van der Waals surface area contributed by atoms with E-state index in [0.29, 0.717) is 6.42 Å². The van der Waals surface area contributed by atoms with E-state index in [-0.39, 0.29) is 5.56 Å². The van der Waals surface area contributed by atoms with Crippen LogP contribution in [0, 0.1) is 6.07 Å². The number of benzene rings is 2. The summed E-state index contributed by atoms with van der Waals surface area (Å²) in [5.74, 6) is 0. The smallest absolute Gasteiger partial charge is 0.251 e. The Balaban J connectivity index is 1.78. The molecule has 0 saturated heterocycles. The summed E-state index contributed by atoms with van der Waals surface area (Å²) in [6.07, 6.45) is 4.29. The molecule has 1 aromatic heterocycles. The minimum atomic E-state index is -0.00987. The fraction of sp³-hybridized carbons (Fsp3) is 0.150. The van der Waals surface area contributed by atoms with Crippen LogP contribution in [0.15, 0.2) is 71.7 Å². The maximum absolute atomic E-state index is 11.9. The molecule has 0 spiro atoms. The van der Waals surface area contributed by atoms with Crippen LogP contribution in [0.2, 0.25) is 0 Å². The van der Waals surface area contributed by atoms with Crippen LogP contribution in [-0.4, -0.2) is 4.98 Å². The van der Waals surface area contributed by atoms with Crippen LogP contribution in [0.5, 0.6) is 0 Å². The average molecular weight is 288 g/mol. The Morgan fingerprint density at radius 2 is 1.73 bits per heavy atom. The Morgan fingerprint density at radius 3 is 2.55 bits per heavy atom. The van der Waals surface area contributed by atoms with Crippen molar-refractivity contribution in [1.82, 2.24) is 4.98 Å². The van der Waals surface area contributed by atoms with Gasteiger partial charge in [-0.2, -0.15) is 0 Å². The van der Waals surface area contributed by atoms with Gasteiger partial charge in [-0.15, -0.1) is 0 Å². The van der Waals surface area contributed by atoms with E-state index in [9.17, 15) is 4.79 Å². The number of aromatic nitrogens is 1. The van der Waals surface area contributed by atoms with Crippen LogP contribution >= 0.6 is 0 Å². The van der Waals surface area contributed by atoms with E-state index in [1.807, 2.05) is 30.3 Å².